The largest absolute Gasteiger partial charge is 0.360 e. The molecule has 0 N–H and O–H groups in total. The molecule has 2 rings (SSSR count). The zero-order chi connectivity index (χ0) is 11.1. The molecule has 0 radical (unpaired) electrons. The van der Waals surface area contributed by atoms with Gasteiger partial charge in [0.1, 0.15) is 10.6 Å². The molecular weight excluding hydrogens is 216 g/mol. The molecule has 0 spiro atoms. The SMILES string of the molecule is Cc1noc(C)c1S(=O)(=O)N1CC=CC1. The Morgan fingerprint density at radius 3 is 2.40 bits per heavy atom. The van der Waals surface area contributed by atoms with Crippen molar-refractivity contribution < 1.29 is 12.9 Å². The predicted molar refractivity (Wildman–Crippen MR) is 53.9 cm³/mol. The average Bonchev–Trinajstić information content (AvgIpc) is 2.75. The van der Waals surface area contributed by atoms with Gasteiger partial charge in [-0.25, -0.2) is 8.42 Å². The Morgan fingerprint density at radius 1 is 1.33 bits per heavy atom. The van der Waals surface area contributed by atoms with Crippen molar-refractivity contribution in [2.24, 2.45) is 0 Å². The van der Waals surface area contributed by atoms with Crippen LogP contribution in [0.1, 0.15) is 11.5 Å². The predicted octanol–water partition coefficient (Wildman–Crippen LogP) is 0.852. The summed E-state index contributed by atoms with van der Waals surface area (Å²) in [5.74, 6) is 0.347. The highest BCUT2D eigenvalue weighted by atomic mass is 32.2. The Labute approximate surface area is 88.4 Å². The summed E-state index contributed by atoms with van der Waals surface area (Å²) in [5, 5.41) is 3.65. The van der Waals surface area contributed by atoms with Crippen LogP contribution < -0.4 is 0 Å². The van der Waals surface area contributed by atoms with Crippen molar-refractivity contribution >= 4 is 10.0 Å². The van der Waals surface area contributed by atoms with Gasteiger partial charge in [-0.2, -0.15) is 4.31 Å². The van der Waals surface area contributed by atoms with Crippen molar-refractivity contribution in [1.29, 1.82) is 0 Å². The quantitative estimate of drug-likeness (QED) is 0.704. The molecule has 0 saturated carbocycles. The number of aromatic nitrogens is 1. The molecule has 0 aliphatic carbocycles. The van der Waals surface area contributed by atoms with Crippen LogP contribution >= 0.6 is 0 Å². The lowest BCUT2D eigenvalue weighted by Gasteiger charge is -2.14. The third-order valence-corrected chi connectivity index (χ3v) is 4.43. The third-order valence-electron chi connectivity index (χ3n) is 2.35. The summed E-state index contributed by atoms with van der Waals surface area (Å²) in [4.78, 5) is 0.200. The molecule has 1 aromatic rings. The minimum atomic E-state index is -3.44. The van der Waals surface area contributed by atoms with Gasteiger partial charge in [0.05, 0.1) is 0 Å². The van der Waals surface area contributed by atoms with E-state index in [4.69, 9.17) is 4.52 Å². The Bertz CT molecular complexity index is 474. The zero-order valence-corrected chi connectivity index (χ0v) is 9.41. The topological polar surface area (TPSA) is 63.4 Å². The summed E-state index contributed by atoms with van der Waals surface area (Å²) in [7, 11) is -3.44. The summed E-state index contributed by atoms with van der Waals surface area (Å²) < 4.78 is 30.5. The lowest BCUT2D eigenvalue weighted by Crippen LogP contribution is -2.29. The number of nitrogens with zero attached hydrogens (tertiary/aromatic N) is 2. The van der Waals surface area contributed by atoms with E-state index < -0.39 is 10.0 Å². The Hall–Kier alpha value is -1.14. The van der Waals surface area contributed by atoms with Crippen LogP contribution in [0.2, 0.25) is 0 Å². The highest BCUT2D eigenvalue weighted by molar-refractivity contribution is 7.89. The smallest absolute Gasteiger partial charge is 0.249 e. The van der Waals surface area contributed by atoms with Crippen LogP contribution in [-0.2, 0) is 10.0 Å². The maximum absolute atomic E-state index is 12.1. The van der Waals surface area contributed by atoms with Crippen LogP contribution in [0.15, 0.2) is 21.6 Å². The van der Waals surface area contributed by atoms with Crippen molar-refractivity contribution in [1.82, 2.24) is 9.46 Å². The van der Waals surface area contributed by atoms with Crippen molar-refractivity contribution in [3.8, 4) is 0 Å². The van der Waals surface area contributed by atoms with Gasteiger partial charge < -0.3 is 4.52 Å². The van der Waals surface area contributed by atoms with E-state index in [2.05, 4.69) is 5.16 Å². The second-order valence-electron chi connectivity index (χ2n) is 3.45. The van der Waals surface area contributed by atoms with Crippen molar-refractivity contribution in [2.45, 2.75) is 18.7 Å². The van der Waals surface area contributed by atoms with Gasteiger partial charge in [0.2, 0.25) is 10.0 Å². The molecule has 0 amide bonds. The van der Waals surface area contributed by atoms with Gasteiger partial charge in [0.25, 0.3) is 0 Å². The maximum Gasteiger partial charge on any atom is 0.249 e. The molecule has 1 aliphatic rings. The summed E-state index contributed by atoms with van der Waals surface area (Å²) in [6.45, 7) is 4.09. The molecule has 1 aromatic heterocycles. The second kappa shape index (κ2) is 3.46. The fourth-order valence-corrected chi connectivity index (χ4v) is 3.26. The van der Waals surface area contributed by atoms with Crippen molar-refractivity contribution in [2.75, 3.05) is 13.1 Å². The fourth-order valence-electron chi connectivity index (χ4n) is 1.63. The molecule has 0 aromatic carbocycles. The summed E-state index contributed by atoms with van der Waals surface area (Å²) in [5.41, 5.74) is 0.416. The first-order valence-electron chi connectivity index (χ1n) is 4.61. The standard InChI is InChI=1S/C9H12N2O3S/c1-7-9(8(2)14-10-7)15(12,13)11-5-3-4-6-11/h3-4H,5-6H2,1-2H3. The van der Waals surface area contributed by atoms with Crippen molar-refractivity contribution in [3.05, 3.63) is 23.6 Å². The number of aryl methyl sites for hydroxylation is 2. The Kier molecular flexibility index (Phi) is 2.40. The molecule has 5 nitrogen and oxygen atoms in total. The molecule has 6 heteroatoms. The van der Waals surface area contributed by atoms with E-state index in [0.29, 0.717) is 24.5 Å². The normalized spacial score (nSPS) is 17.5. The lowest BCUT2D eigenvalue weighted by atomic mass is 10.4. The van der Waals surface area contributed by atoms with Gasteiger partial charge in [0.15, 0.2) is 5.76 Å². The van der Waals surface area contributed by atoms with E-state index >= 15 is 0 Å². The van der Waals surface area contributed by atoms with Crippen LogP contribution in [0.5, 0.6) is 0 Å². The Morgan fingerprint density at radius 2 is 1.93 bits per heavy atom. The van der Waals surface area contributed by atoms with Crippen LogP contribution in [-0.4, -0.2) is 31.0 Å². The van der Waals surface area contributed by atoms with Crippen LogP contribution in [0.3, 0.4) is 0 Å². The first-order valence-corrected chi connectivity index (χ1v) is 6.05. The minimum absolute atomic E-state index is 0.200. The lowest BCUT2D eigenvalue weighted by molar-refractivity contribution is 0.390. The van der Waals surface area contributed by atoms with E-state index in [0.717, 1.165) is 0 Å². The third kappa shape index (κ3) is 1.59. The average molecular weight is 228 g/mol. The number of sulfonamides is 1. The first-order chi connectivity index (χ1) is 7.03. The van der Waals surface area contributed by atoms with Gasteiger partial charge in [-0.1, -0.05) is 17.3 Å². The molecule has 0 unspecified atom stereocenters. The van der Waals surface area contributed by atoms with E-state index in [9.17, 15) is 8.42 Å². The van der Waals surface area contributed by atoms with Gasteiger partial charge in [-0.3, -0.25) is 0 Å². The molecular formula is C9H12N2O3S. The first kappa shape index (κ1) is 10.4. The summed E-state index contributed by atoms with van der Waals surface area (Å²) >= 11 is 0. The molecule has 82 valence electrons. The van der Waals surface area contributed by atoms with E-state index in [1.165, 1.54) is 4.31 Å². The van der Waals surface area contributed by atoms with Crippen LogP contribution in [0.4, 0.5) is 0 Å². The molecule has 0 atom stereocenters. The molecule has 0 saturated heterocycles. The van der Waals surface area contributed by atoms with Gasteiger partial charge in [-0.05, 0) is 13.8 Å². The maximum atomic E-state index is 12.1. The summed E-state index contributed by atoms with van der Waals surface area (Å²) in [6.07, 6.45) is 3.66. The fraction of sp³-hybridized carbons (Fsp3) is 0.444. The van der Waals surface area contributed by atoms with Gasteiger partial charge >= 0.3 is 0 Å². The van der Waals surface area contributed by atoms with E-state index in [-0.39, 0.29) is 4.90 Å². The van der Waals surface area contributed by atoms with E-state index in [1.54, 1.807) is 13.8 Å². The number of hydrogen-bond donors (Lipinski definition) is 0. The zero-order valence-electron chi connectivity index (χ0n) is 8.60. The number of rotatable bonds is 2. The monoisotopic (exact) mass is 228 g/mol. The molecule has 2 heterocycles. The van der Waals surface area contributed by atoms with Crippen LogP contribution in [0, 0.1) is 13.8 Å². The highest BCUT2D eigenvalue weighted by Gasteiger charge is 2.30. The number of hydrogen-bond acceptors (Lipinski definition) is 4. The molecule has 15 heavy (non-hydrogen) atoms. The molecule has 0 bridgehead atoms. The molecule has 1 aliphatic heterocycles. The highest BCUT2D eigenvalue weighted by Crippen LogP contribution is 2.24. The molecule has 0 fully saturated rings. The van der Waals surface area contributed by atoms with Crippen LogP contribution in [0.25, 0.3) is 0 Å². The van der Waals surface area contributed by atoms with Gasteiger partial charge in [0, 0.05) is 13.1 Å². The minimum Gasteiger partial charge on any atom is -0.360 e. The Balaban J connectivity index is 2.46. The van der Waals surface area contributed by atoms with E-state index in [1.807, 2.05) is 12.2 Å². The van der Waals surface area contributed by atoms with Crippen molar-refractivity contribution in [3.63, 3.8) is 0 Å². The summed E-state index contributed by atoms with van der Waals surface area (Å²) in [6, 6.07) is 0. The van der Waals surface area contributed by atoms with Gasteiger partial charge in [-0.15, -0.1) is 0 Å². The second-order valence-corrected chi connectivity index (χ2v) is 5.32.